The third-order valence-corrected chi connectivity index (χ3v) is 12.8. The Labute approximate surface area is 287 Å². The minimum absolute atomic E-state index is 0.0838. The van der Waals surface area contributed by atoms with Gasteiger partial charge in [-0.05, 0) is 73.7 Å². The van der Waals surface area contributed by atoms with E-state index < -0.39 is 22.1 Å². The van der Waals surface area contributed by atoms with E-state index in [1.54, 1.807) is 12.3 Å². The predicted molar refractivity (Wildman–Crippen MR) is 189 cm³/mol. The van der Waals surface area contributed by atoms with E-state index in [0.29, 0.717) is 69.7 Å². The van der Waals surface area contributed by atoms with Crippen LogP contribution in [-0.2, 0) is 19.4 Å². The maximum atomic E-state index is 14.6. The number of benzene rings is 1. The van der Waals surface area contributed by atoms with Gasteiger partial charge in [0, 0.05) is 69.8 Å². The average molecular weight is 693 g/mol. The maximum Gasteiger partial charge on any atom is 0.246 e. The van der Waals surface area contributed by atoms with Gasteiger partial charge < -0.3 is 24.8 Å². The first-order valence-corrected chi connectivity index (χ1v) is 19.1. The zero-order valence-corrected chi connectivity index (χ0v) is 28.8. The first kappa shape index (κ1) is 33.6. The number of carbonyl (C=O) groups is 1. The number of likely N-dealkylation sites (tertiary alicyclic amines) is 1. The number of rotatable bonds is 8. The van der Waals surface area contributed by atoms with Crippen molar-refractivity contribution in [2.75, 3.05) is 73.8 Å². The minimum Gasteiger partial charge on any atom is -0.378 e. The molecule has 3 aromatic rings. The molecule has 7 rings (SSSR count). The number of nitrogens with one attached hydrogen (secondary N) is 1. The number of nitrogens with zero attached hydrogens (tertiary/aromatic N) is 7. The van der Waals surface area contributed by atoms with E-state index >= 15 is 0 Å². The van der Waals surface area contributed by atoms with Crippen LogP contribution in [0.3, 0.4) is 0 Å². The largest absolute Gasteiger partial charge is 0.378 e. The van der Waals surface area contributed by atoms with E-state index in [-0.39, 0.29) is 29.6 Å². The first-order chi connectivity index (χ1) is 23.8. The monoisotopic (exact) mass is 692 g/mol. The topological polar surface area (TPSA) is 124 Å². The first-order valence-electron chi connectivity index (χ1n) is 17.3. The molecule has 6 heterocycles. The van der Waals surface area contributed by atoms with Gasteiger partial charge in [0.15, 0.2) is 9.84 Å². The highest BCUT2D eigenvalue weighted by Gasteiger charge is 2.36. The number of halogens is 1. The average Bonchev–Trinajstić information content (AvgIpc) is 3.61. The lowest BCUT2D eigenvalue weighted by Gasteiger charge is -2.41. The summed E-state index contributed by atoms with van der Waals surface area (Å²) in [4.78, 5) is 34.9. The second kappa shape index (κ2) is 14.2. The van der Waals surface area contributed by atoms with Crippen molar-refractivity contribution in [2.45, 2.75) is 62.2 Å². The molecule has 0 unspecified atom stereocenters. The van der Waals surface area contributed by atoms with Crippen molar-refractivity contribution < 1.29 is 22.3 Å². The second-order valence-corrected chi connectivity index (χ2v) is 15.7. The molecule has 4 atom stereocenters. The zero-order valence-electron chi connectivity index (χ0n) is 28.0. The summed E-state index contributed by atoms with van der Waals surface area (Å²) in [6.45, 7) is 7.91. The fraction of sp³-hybridized carbons (Fsp3) is 0.543. The number of aromatic nitrogens is 3. The summed E-state index contributed by atoms with van der Waals surface area (Å²) in [7, 11) is -1.56. The summed E-state index contributed by atoms with van der Waals surface area (Å²) < 4.78 is 45.6. The molecule has 0 radical (unpaired) electrons. The fourth-order valence-corrected chi connectivity index (χ4v) is 10.1. The standard InChI is InChI=1S/C35H45FN8O4S/c1-3-33(45)44-14-6-7-29(44)24-9-10-28(41-16-18-42(19-17-41)34-8-4-5-20-49(34,46)47)26-22-38-32(21-25(24)26)39-31-11-13-37-35(40-31)43-15-12-30(48-2)27(36)23-43/h3,9-11,13,21-22,27,29-30,34H,1,4-8,12,14-20,23H2,2H3,(H,37,38,39,40)/t27-,29-,30+,34-/m0/s1. The lowest BCUT2D eigenvalue weighted by atomic mass is 9.96. The van der Waals surface area contributed by atoms with Gasteiger partial charge in [-0.2, -0.15) is 4.98 Å². The van der Waals surface area contributed by atoms with Crippen LogP contribution in [0.4, 0.5) is 27.7 Å². The molecule has 0 bridgehead atoms. The van der Waals surface area contributed by atoms with Crippen LogP contribution in [0.2, 0.25) is 0 Å². The van der Waals surface area contributed by atoms with Gasteiger partial charge in [0.1, 0.15) is 23.2 Å². The Hall–Kier alpha value is -3.88. The molecule has 0 spiro atoms. The molecule has 0 saturated carbocycles. The molecule has 4 saturated heterocycles. The summed E-state index contributed by atoms with van der Waals surface area (Å²) in [5, 5.41) is 4.91. The van der Waals surface area contributed by atoms with Crippen LogP contribution in [0.1, 0.15) is 50.1 Å². The number of methoxy groups -OCH3 is 1. The molecule has 0 aliphatic carbocycles. The van der Waals surface area contributed by atoms with Gasteiger partial charge in [-0.1, -0.05) is 12.6 Å². The van der Waals surface area contributed by atoms with Crippen molar-refractivity contribution in [3.05, 3.63) is 54.9 Å². The molecule has 49 heavy (non-hydrogen) atoms. The van der Waals surface area contributed by atoms with Crippen molar-refractivity contribution in [1.29, 1.82) is 0 Å². The SMILES string of the molecule is C=CC(=O)N1CCC[C@H]1c1ccc(N2CCN([C@@H]3CCCCS3(=O)=O)CC2)c2cnc(Nc3ccnc(N4CC[C@@H](OC)[C@@H](F)C4)n3)cc12. The number of piperidine rings is 1. The van der Waals surface area contributed by atoms with Gasteiger partial charge in [-0.3, -0.25) is 9.69 Å². The number of fused-ring (bicyclic) bond motifs is 1. The summed E-state index contributed by atoms with van der Waals surface area (Å²) in [5.74, 6) is 1.76. The second-order valence-electron chi connectivity index (χ2n) is 13.4. The van der Waals surface area contributed by atoms with E-state index in [1.807, 2.05) is 22.1 Å². The Bertz CT molecular complexity index is 1800. The van der Waals surface area contributed by atoms with E-state index in [4.69, 9.17) is 9.72 Å². The number of amides is 1. The van der Waals surface area contributed by atoms with E-state index in [9.17, 15) is 17.6 Å². The smallest absolute Gasteiger partial charge is 0.246 e. The lowest BCUT2D eigenvalue weighted by molar-refractivity contribution is -0.126. The van der Waals surface area contributed by atoms with Gasteiger partial charge in [0.2, 0.25) is 11.9 Å². The number of alkyl halides is 1. The van der Waals surface area contributed by atoms with Crippen LogP contribution in [0.5, 0.6) is 0 Å². The number of piperazine rings is 1. The van der Waals surface area contributed by atoms with Gasteiger partial charge in [0.05, 0.1) is 24.4 Å². The molecule has 262 valence electrons. The van der Waals surface area contributed by atoms with Gasteiger partial charge in [-0.25, -0.2) is 22.8 Å². The van der Waals surface area contributed by atoms with Crippen LogP contribution in [0, 0.1) is 0 Å². The summed E-state index contributed by atoms with van der Waals surface area (Å²) >= 11 is 0. The summed E-state index contributed by atoms with van der Waals surface area (Å²) in [6.07, 6.45) is 8.07. The Morgan fingerprint density at radius 3 is 2.57 bits per heavy atom. The highest BCUT2D eigenvalue weighted by atomic mass is 32.2. The van der Waals surface area contributed by atoms with Crippen molar-refractivity contribution in [3.8, 4) is 0 Å². The van der Waals surface area contributed by atoms with E-state index in [0.717, 1.165) is 47.7 Å². The van der Waals surface area contributed by atoms with Crippen LogP contribution in [0.25, 0.3) is 10.8 Å². The van der Waals surface area contributed by atoms with Gasteiger partial charge >= 0.3 is 0 Å². The Balaban J connectivity index is 1.18. The predicted octanol–water partition coefficient (Wildman–Crippen LogP) is 4.23. The Morgan fingerprint density at radius 1 is 0.980 bits per heavy atom. The Kier molecular flexibility index (Phi) is 9.71. The summed E-state index contributed by atoms with van der Waals surface area (Å²) in [6, 6.07) is 7.92. The highest BCUT2D eigenvalue weighted by molar-refractivity contribution is 7.92. The Morgan fingerprint density at radius 2 is 1.82 bits per heavy atom. The van der Waals surface area contributed by atoms with E-state index in [1.165, 1.54) is 13.2 Å². The number of ether oxygens (including phenoxy) is 1. The third-order valence-electron chi connectivity index (χ3n) is 10.6. The molecule has 1 amide bonds. The molecule has 1 aromatic carbocycles. The van der Waals surface area contributed by atoms with E-state index in [2.05, 4.69) is 43.8 Å². The number of hydrogen-bond donors (Lipinski definition) is 1. The molecule has 1 N–H and O–H groups in total. The molecular weight excluding hydrogens is 648 g/mol. The van der Waals surface area contributed by atoms with Gasteiger partial charge in [0.25, 0.3) is 0 Å². The third kappa shape index (κ3) is 6.82. The molecule has 4 aliphatic rings. The molecule has 14 heteroatoms. The van der Waals surface area contributed by atoms with Gasteiger partial charge in [-0.15, -0.1) is 0 Å². The number of pyridine rings is 1. The van der Waals surface area contributed by atoms with Crippen molar-refractivity contribution in [3.63, 3.8) is 0 Å². The molecule has 2 aromatic heterocycles. The van der Waals surface area contributed by atoms with Crippen LogP contribution >= 0.6 is 0 Å². The number of sulfone groups is 1. The summed E-state index contributed by atoms with van der Waals surface area (Å²) in [5.41, 5.74) is 2.08. The maximum absolute atomic E-state index is 14.6. The fourth-order valence-electron chi connectivity index (χ4n) is 7.98. The quantitative estimate of drug-likeness (QED) is 0.341. The minimum atomic E-state index is -3.10. The van der Waals surface area contributed by atoms with Crippen molar-refractivity contribution in [1.82, 2.24) is 24.8 Å². The normalized spacial score (nSPS) is 26.2. The number of hydrogen-bond acceptors (Lipinski definition) is 11. The van der Waals surface area contributed by atoms with Crippen LogP contribution in [0.15, 0.2) is 49.3 Å². The number of anilines is 4. The van der Waals surface area contributed by atoms with Crippen LogP contribution < -0.4 is 15.1 Å². The zero-order chi connectivity index (χ0) is 34.1. The van der Waals surface area contributed by atoms with Crippen LogP contribution in [-0.4, -0.2) is 115 Å². The van der Waals surface area contributed by atoms with Crippen molar-refractivity contribution in [2.24, 2.45) is 0 Å². The molecule has 4 aliphatic heterocycles. The molecule has 4 fully saturated rings. The van der Waals surface area contributed by atoms with Crippen molar-refractivity contribution >= 4 is 49.8 Å². The molecular formula is C35H45FN8O4S. The highest BCUT2D eigenvalue weighted by Crippen LogP contribution is 2.40. The number of carbonyl (C=O) groups excluding carboxylic acids is 1. The lowest BCUT2D eigenvalue weighted by Crippen LogP contribution is -2.53. The molecule has 12 nitrogen and oxygen atoms in total.